The van der Waals surface area contributed by atoms with E-state index in [0.29, 0.717) is 6.61 Å². The molecule has 0 aliphatic carbocycles. The summed E-state index contributed by atoms with van der Waals surface area (Å²) in [6.45, 7) is 3.38. The maximum atomic E-state index is 5.16. The van der Waals surface area contributed by atoms with Crippen LogP contribution in [0.25, 0.3) is 0 Å². The first-order valence-electron chi connectivity index (χ1n) is 6.69. The standard InChI is InChI=1S/C15H18BrN3OS/c1-3-17-14-8-12(9-20-2)18-15(19-14)10-21-13-6-4-11(16)5-7-13/h4-8H,3,9-10H2,1-2H3,(H,17,18,19). The SMILES string of the molecule is CCNc1cc(COC)nc(CSc2ccc(Br)cc2)n1. The molecule has 2 aromatic rings. The second-order valence-electron chi connectivity index (χ2n) is 4.37. The fraction of sp³-hybridized carbons (Fsp3) is 0.333. The fourth-order valence-corrected chi connectivity index (χ4v) is 2.81. The maximum absolute atomic E-state index is 5.16. The minimum absolute atomic E-state index is 0.497. The third-order valence-corrected chi connectivity index (χ3v) is 4.19. The van der Waals surface area contributed by atoms with Gasteiger partial charge in [-0.25, -0.2) is 9.97 Å². The summed E-state index contributed by atoms with van der Waals surface area (Å²) in [7, 11) is 1.67. The van der Waals surface area contributed by atoms with Crippen LogP contribution in [0.1, 0.15) is 18.4 Å². The molecule has 0 atom stereocenters. The monoisotopic (exact) mass is 367 g/mol. The normalized spacial score (nSPS) is 10.6. The Morgan fingerprint density at radius 2 is 2.00 bits per heavy atom. The van der Waals surface area contributed by atoms with Crippen molar-refractivity contribution in [3.05, 3.63) is 46.3 Å². The van der Waals surface area contributed by atoms with Crippen LogP contribution in [0.15, 0.2) is 39.7 Å². The van der Waals surface area contributed by atoms with Gasteiger partial charge in [-0.2, -0.15) is 0 Å². The van der Waals surface area contributed by atoms with Crippen LogP contribution in [0.2, 0.25) is 0 Å². The molecule has 1 N–H and O–H groups in total. The Morgan fingerprint density at radius 3 is 2.67 bits per heavy atom. The number of nitrogens with zero attached hydrogens (tertiary/aromatic N) is 2. The zero-order valence-corrected chi connectivity index (χ0v) is 14.5. The van der Waals surface area contributed by atoms with Gasteiger partial charge in [-0.15, -0.1) is 11.8 Å². The van der Waals surface area contributed by atoms with E-state index < -0.39 is 0 Å². The number of hydrogen-bond donors (Lipinski definition) is 1. The molecule has 6 heteroatoms. The molecule has 1 aromatic carbocycles. The van der Waals surface area contributed by atoms with Crippen molar-refractivity contribution in [2.24, 2.45) is 0 Å². The number of aromatic nitrogens is 2. The molecule has 0 bridgehead atoms. The van der Waals surface area contributed by atoms with E-state index in [2.05, 4.69) is 43.3 Å². The molecule has 1 heterocycles. The van der Waals surface area contributed by atoms with Crippen molar-refractivity contribution in [3.63, 3.8) is 0 Å². The summed E-state index contributed by atoms with van der Waals surface area (Å²) in [6.07, 6.45) is 0. The van der Waals surface area contributed by atoms with Crippen molar-refractivity contribution in [1.29, 1.82) is 0 Å². The lowest BCUT2D eigenvalue weighted by molar-refractivity contribution is 0.181. The van der Waals surface area contributed by atoms with E-state index in [9.17, 15) is 0 Å². The lowest BCUT2D eigenvalue weighted by Crippen LogP contribution is -2.06. The Hall–Kier alpha value is -1.11. The molecule has 0 aliphatic heterocycles. The van der Waals surface area contributed by atoms with Gasteiger partial charge in [0.15, 0.2) is 0 Å². The van der Waals surface area contributed by atoms with E-state index in [1.807, 2.05) is 25.1 Å². The van der Waals surface area contributed by atoms with Gasteiger partial charge in [0, 0.05) is 29.1 Å². The number of thioether (sulfide) groups is 1. The summed E-state index contributed by atoms with van der Waals surface area (Å²) in [6, 6.07) is 10.2. The van der Waals surface area contributed by atoms with Gasteiger partial charge in [-0.3, -0.25) is 0 Å². The summed E-state index contributed by atoms with van der Waals surface area (Å²) >= 11 is 5.16. The predicted molar refractivity (Wildman–Crippen MR) is 90.6 cm³/mol. The Morgan fingerprint density at radius 1 is 1.24 bits per heavy atom. The zero-order valence-electron chi connectivity index (χ0n) is 12.1. The molecule has 0 saturated carbocycles. The number of benzene rings is 1. The first-order valence-corrected chi connectivity index (χ1v) is 8.47. The number of rotatable bonds is 7. The summed E-state index contributed by atoms with van der Waals surface area (Å²) in [5.41, 5.74) is 0.898. The van der Waals surface area contributed by atoms with Crippen LogP contribution >= 0.6 is 27.7 Å². The quantitative estimate of drug-likeness (QED) is 0.746. The van der Waals surface area contributed by atoms with Gasteiger partial charge < -0.3 is 10.1 Å². The highest BCUT2D eigenvalue weighted by Gasteiger charge is 2.05. The fourth-order valence-electron chi connectivity index (χ4n) is 1.79. The number of nitrogens with one attached hydrogen (secondary N) is 1. The van der Waals surface area contributed by atoms with Gasteiger partial charge >= 0.3 is 0 Å². The second-order valence-corrected chi connectivity index (χ2v) is 6.33. The van der Waals surface area contributed by atoms with Crippen LogP contribution < -0.4 is 5.32 Å². The Labute approximate surface area is 137 Å². The van der Waals surface area contributed by atoms with Gasteiger partial charge in [0.05, 0.1) is 18.1 Å². The molecule has 4 nitrogen and oxygen atoms in total. The highest BCUT2D eigenvalue weighted by atomic mass is 79.9. The van der Waals surface area contributed by atoms with Gasteiger partial charge in [0.1, 0.15) is 11.6 Å². The molecule has 0 saturated heterocycles. The van der Waals surface area contributed by atoms with Crippen LogP contribution in [-0.2, 0) is 17.1 Å². The van der Waals surface area contributed by atoms with Gasteiger partial charge in [-0.1, -0.05) is 15.9 Å². The van der Waals surface area contributed by atoms with Gasteiger partial charge in [0.2, 0.25) is 0 Å². The summed E-state index contributed by atoms with van der Waals surface area (Å²) in [5, 5.41) is 3.23. The van der Waals surface area contributed by atoms with Crippen molar-refractivity contribution in [3.8, 4) is 0 Å². The molecule has 21 heavy (non-hydrogen) atoms. The van der Waals surface area contributed by atoms with E-state index in [-0.39, 0.29) is 0 Å². The number of methoxy groups -OCH3 is 1. The second kappa shape index (κ2) is 8.36. The van der Waals surface area contributed by atoms with Crippen molar-refractivity contribution < 1.29 is 4.74 Å². The number of halogens is 1. The number of hydrogen-bond acceptors (Lipinski definition) is 5. The van der Waals surface area contributed by atoms with Crippen LogP contribution in [0.5, 0.6) is 0 Å². The summed E-state index contributed by atoms with van der Waals surface area (Å²) < 4.78 is 6.24. The smallest absolute Gasteiger partial charge is 0.141 e. The largest absolute Gasteiger partial charge is 0.378 e. The van der Waals surface area contributed by atoms with E-state index in [1.165, 1.54) is 4.90 Å². The molecule has 1 aromatic heterocycles. The van der Waals surface area contributed by atoms with Gasteiger partial charge in [-0.05, 0) is 31.2 Å². The molecule has 0 radical (unpaired) electrons. The summed E-state index contributed by atoms with van der Waals surface area (Å²) in [5.74, 6) is 2.40. The van der Waals surface area contributed by atoms with Crippen molar-refractivity contribution in [2.45, 2.75) is 24.2 Å². The number of ether oxygens (including phenoxy) is 1. The highest BCUT2D eigenvalue weighted by Crippen LogP contribution is 2.23. The van der Waals surface area contributed by atoms with Crippen LogP contribution in [0.4, 0.5) is 5.82 Å². The van der Waals surface area contributed by atoms with Crippen LogP contribution in [-0.4, -0.2) is 23.6 Å². The average molecular weight is 368 g/mol. The predicted octanol–water partition coefficient (Wildman–Crippen LogP) is 4.11. The Kier molecular flexibility index (Phi) is 6.48. The molecular formula is C15H18BrN3OS. The summed E-state index contributed by atoms with van der Waals surface area (Å²) in [4.78, 5) is 10.3. The lowest BCUT2D eigenvalue weighted by Gasteiger charge is -2.08. The third-order valence-electron chi connectivity index (χ3n) is 2.66. The maximum Gasteiger partial charge on any atom is 0.141 e. The zero-order chi connectivity index (χ0) is 15.1. The highest BCUT2D eigenvalue weighted by molar-refractivity contribution is 9.10. The minimum atomic E-state index is 0.497. The molecule has 0 unspecified atom stereocenters. The molecule has 0 fully saturated rings. The molecule has 0 aliphatic rings. The van der Waals surface area contributed by atoms with E-state index >= 15 is 0 Å². The Balaban J connectivity index is 2.08. The topological polar surface area (TPSA) is 47.0 Å². The first kappa shape index (κ1) is 16.3. The van der Waals surface area contributed by atoms with Crippen LogP contribution in [0.3, 0.4) is 0 Å². The van der Waals surface area contributed by atoms with Gasteiger partial charge in [0.25, 0.3) is 0 Å². The molecule has 2 rings (SSSR count). The van der Waals surface area contributed by atoms with Crippen LogP contribution in [0, 0.1) is 0 Å². The molecule has 0 spiro atoms. The first-order chi connectivity index (χ1) is 10.2. The number of anilines is 1. The van der Waals surface area contributed by atoms with Crippen molar-refractivity contribution >= 4 is 33.5 Å². The third kappa shape index (κ3) is 5.30. The lowest BCUT2D eigenvalue weighted by atomic mass is 10.4. The molecular weight excluding hydrogens is 350 g/mol. The molecule has 112 valence electrons. The average Bonchev–Trinajstić information content (AvgIpc) is 2.47. The minimum Gasteiger partial charge on any atom is -0.378 e. The van der Waals surface area contributed by atoms with E-state index in [0.717, 1.165) is 34.1 Å². The Bertz CT molecular complexity index is 553. The molecule has 0 amide bonds. The van der Waals surface area contributed by atoms with Crippen molar-refractivity contribution in [1.82, 2.24) is 9.97 Å². The van der Waals surface area contributed by atoms with E-state index in [4.69, 9.17) is 4.74 Å². The van der Waals surface area contributed by atoms with E-state index in [1.54, 1.807) is 18.9 Å². The van der Waals surface area contributed by atoms with Crippen molar-refractivity contribution in [2.75, 3.05) is 19.0 Å².